The first-order valence-electron chi connectivity index (χ1n) is 9.39. The van der Waals surface area contributed by atoms with Gasteiger partial charge in [-0.2, -0.15) is 4.99 Å². The third kappa shape index (κ3) is 5.86. The van der Waals surface area contributed by atoms with Crippen LogP contribution in [0.15, 0.2) is 29.4 Å². The summed E-state index contributed by atoms with van der Waals surface area (Å²) in [5.41, 5.74) is -0.533. The van der Waals surface area contributed by atoms with E-state index in [1.54, 1.807) is 0 Å². The number of thiazole rings is 1. The predicted octanol–water partition coefficient (Wildman–Crippen LogP) is 5.32. The average molecular weight is 463 g/mol. The van der Waals surface area contributed by atoms with Crippen molar-refractivity contribution in [2.24, 2.45) is 4.99 Å². The molecule has 1 aliphatic heterocycles. The quantitative estimate of drug-likeness (QED) is 0.618. The number of rotatable bonds is 4. The standard InChI is InChI=1S/C20H22ClF3N2O3S/c1-19(2,3)16-11-26(10-13-5-4-8-28-13)18(30-16)25-17(27)14-9-12(21)6-7-15(14)29-20(22,23)24/h6-7,9,11,13H,4-5,8,10H2,1-3H3/t13-/m1/s1. The molecule has 2 heterocycles. The largest absolute Gasteiger partial charge is 0.573 e. The Balaban J connectivity index is 2.02. The fourth-order valence-electron chi connectivity index (χ4n) is 2.98. The van der Waals surface area contributed by atoms with Crippen molar-refractivity contribution in [1.29, 1.82) is 0 Å². The van der Waals surface area contributed by atoms with Gasteiger partial charge in [0.15, 0.2) is 4.80 Å². The van der Waals surface area contributed by atoms with E-state index in [2.05, 4.69) is 9.73 Å². The van der Waals surface area contributed by atoms with Crippen molar-refractivity contribution in [2.45, 2.75) is 58.0 Å². The summed E-state index contributed by atoms with van der Waals surface area (Å²) < 4.78 is 49.7. The molecular weight excluding hydrogens is 441 g/mol. The molecule has 1 aromatic carbocycles. The third-order valence-corrected chi connectivity index (χ3v) is 6.16. The molecule has 3 rings (SSSR count). The maximum Gasteiger partial charge on any atom is 0.573 e. The zero-order valence-electron chi connectivity index (χ0n) is 16.8. The van der Waals surface area contributed by atoms with E-state index in [1.807, 2.05) is 31.5 Å². The second-order valence-corrected chi connectivity index (χ2v) is 9.47. The minimum absolute atomic E-state index is 0.0109. The molecule has 1 fully saturated rings. The van der Waals surface area contributed by atoms with Gasteiger partial charge in [0.2, 0.25) is 0 Å². The summed E-state index contributed by atoms with van der Waals surface area (Å²) in [6, 6.07) is 3.35. The Morgan fingerprint density at radius 1 is 1.37 bits per heavy atom. The lowest BCUT2D eigenvalue weighted by atomic mass is 9.95. The molecule has 0 aliphatic carbocycles. The highest BCUT2D eigenvalue weighted by molar-refractivity contribution is 7.09. The van der Waals surface area contributed by atoms with Gasteiger partial charge in [-0.25, -0.2) is 0 Å². The predicted molar refractivity (Wildman–Crippen MR) is 108 cm³/mol. The number of ether oxygens (including phenoxy) is 2. The lowest BCUT2D eigenvalue weighted by Gasteiger charge is -2.15. The van der Waals surface area contributed by atoms with Crippen molar-refractivity contribution < 1.29 is 27.4 Å². The van der Waals surface area contributed by atoms with Gasteiger partial charge in [0.25, 0.3) is 5.91 Å². The molecule has 0 bridgehead atoms. The number of nitrogens with zero attached hydrogens (tertiary/aromatic N) is 2. The number of amides is 1. The van der Waals surface area contributed by atoms with Gasteiger partial charge in [-0.3, -0.25) is 4.79 Å². The average Bonchev–Trinajstić information content (AvgIpc) is 3.26. The van der Waals surface area contributed by atoms with Crippen LogP contribution in [0.5, 0.6) is 5.75 Å². The van der Waals surface area contributed by atoms with Gasteiger partial charge < -0.3 is 14.0 Å². The smallest absolute Gasteiger partial charge is 0.405 e. The van der Waals surface area contributed by atoms with Crippen molar-refractivity contribution in [3.8, 4) is 5.75 Å². The lowest BCUT2D eigenvalue weighted by molar-refractivity contribution is -0.274. The van der Waals surface area contributed by atoms with E-state index in [9.17, 15) is 18.0 Å². The monoisotopic (exact) mass is 462 g/mol. The van der Waals surface area contributed by atoms with Gasteiger partial charge >= 0.3 is 6.36 Å². The van der Waals surface area contributed by atoms with Crippen LogP contribution in [0.4, 0.5) is 13.2 Å². The van der Waals surface area contributed by atoms with Crippen LogP contribution in [0.3, 0.4) is 0 Å². The molecule has 30 heavy (non-hydrogen) atoms. The number of aromatic nitrogens is 1. The number of alkyl halides is 3. The summed E-state index contributed by atoms with van der Waals surface area (Å²) >= 11 is 7.21. The number of hydrogen-bond donors (Lipinski definition) is 0. The van der Waals surface area contributed by atoms with E-state index in [4.69, 9.17) is 16.3 Å². The summed E-state index contributed by atoms with van der Waals surface area (Å²) in [6.45, 7) is 7.31. The van der Waals surface area contributed by atoms with Gasteiger partial charge in [0.05, 0.1) is 18.2 Å². The molecule has 0 unspecified atom stereocenters. The maximum absolute atomic E-state index is 12.8. The number of carbonyl (C=O) groups excluding carboxylic acids is 1. The van der Waals surface area contributed by atoms with E-state index >= 15 is 0 Å². The van der Waals surface area contributed by atoms with Crippen LogP contribution < -0.4 is 9.54 Å². The lowest BCUT2D eigenvalue weighted by Crippen LogP contribution is -2.24. The van der Waals surface area contributed by atoms with Crippen LogP contribution in [0.1, 0.15) is 48.8 Å². The molecule has 1 amide bonds. The molecule has 0 N–H and O–H groups in total. The number of halogens is 4. The fraction of sp³-hybridized carbons (Fsp3) is 0.500. The first-order valence-corrected chi connectivity index (χ1v) is 10.6. The van der Waals surface area contributed by atoms with Crippen LogP contribution in [0.2, 0.25) is 5.02 Å². The molecule has 0 spiro atoms. The van der Waals surface area contributed by atoms with Gasteiger partial charge in [0.1, 0.15) is 5.75 Å². The molecule has 2 aromatic rings. The van der Waals surface area contributed by atoms with Gasteiger partial charge in [-0.05, 0) is 36.5 Å². The second-order valence-electron chi connectivity index (χ2n) is 8.02. The normalized spacial score (nSPS) is 18.1. The fourth-order valence-corrected chi connectivity index (χ4v) is 4.21. The van der Waals surface area contributed by atoms with Crippen molar-refractivity contribution in [3.05, 3.63) is 44.7 Å². The van der Waals surface area contributed by atoms with E-state index < -0.39 is 18.0 Å². The summed E-state index contributed by atoms with van der Waals surface area (Å²) in [6.07, 6.45) is -1.14. The molecule has 0 radical (unpaired) electrons. The van der Waals surface area contributed by atoms with E-state index in [1.165, 1.54) is 17.4 Å². The van der Waals surface area contributed by atoms with Gasteiger partial charge in [0, 0.05) is 22.7 Å². The topological polar surface area (TPSA) is 52.8 Å². The molecule has 1 atom stereocenters. The van der Waals surface area contributed by atoms with Gasteiger partial charge in [-0.1, -0.05) is 32.4 Å². The SMILES string of the molecule is CC(C)(C)c1cn(C[C@H]2CCCO2)c(=NC(=O)c2cc(Cl)ccc2OC(F)(F)F)s1. The zero-order valence-corrected chi connectivity index (χ0v) is 18.3. The Labute approximate surface area is 181 Å². The maximum atomic E-state index is 12.8. The van der Waals surface area contributed by atoms with Crippen molar-refractivity contribution in [2.75, 3.05) is 6.61 Å². The zero-order chi connectivity index (χ0) is 22.1. The molecule has 1 aromatic heterocycles. The van der Waals surface area contributed by atoms with Crippen molar-refractivity contribution >= 4 is 28.8 Å². The second kappa shape index (κ2) is 8.72. The van der Waals surface area contributed by atoms with Crippen LogP contribution in [-0.2, 0) is 16.7 Å². The summed E-state index contributed by atoms with van der Waals surface area (Å²) in [4.78, 5) is 18.3. The van der Waals surface area contributed by atoms with E-state index in [-0.39, 0.29) is 22.1 Å². The Morgan fingerprint density at radius 2 is 2.10 bits per heavy atom. The summed E-state index contributed by atoms with van der Waals surface area (Å²) in [5.74, 6) is -1.50. The minimum atomic E-state index is -4.94. The molecule has 1 saturated heterocycles. The number of carbonyl (C=O) groups is 1. The Bertz CT molecular complexity index is 986. The molecule has 164 valence electrons. The molecule has 0 saturated carbocycles. The summed E-state index contributed by atoms with van der Waals surface area (Å²) in [7, 11) is 0. The highest BCUT2D eigenvalue weighted by atomic mass is 35.5. The molecular formula is C20H22ClF3N2O3S. The van der Waals surface area contributed by atoms with E-state index in [0.29, 0.717) is 18.0 Å². The third-order valence-electron chi connectivity index (χ3n) is 4.48. The number of benzene rings is 1. The van der Waals surface area contributed by atoms with Crippen LogP contribution in [0, 0.1) is 0 Å². The molecule has 5 nitrogen and oxygen atoms in total. The highest BCUT2D eigenvalue weighted by Crippen LogP contribution is 2.30. The van der Waals surface area contributed by atoms with Gasteiger partial charge in [-0.15, -0.1) is 24.5 Å². The van der Waals surface area contributed by atoms with Crippen molar-refractivity contribution in [3.63, 3.8) is 0 Å². The van der Waals surface area contributed by atoms with Crippen LogP contribution >= 0.6 is 22.9 Å². The highest BCUT2D eigenvalue weighted by Gasteiger charge is 2.33. The first-order chi connectivity index (χ1) is 13.9. The molecule has 10 heteroatoms. The van der Waals surface area contributed by atoms with Crippen LogP contribution in [0.25, 0.3) is 0 Å². The minimum Gasteiger partial charge on any atom is -0.405 e. The Hall–Kier alpha value is -1.84. The number of hydrogen-bond acceptors (Lipinski definition) is 4. The Kier molecular flexibility index (Phi) is 6.64. The molecule has 1 aliphatic rings. The van der Waals surface area contributed by atoms with Crippen molar-refractivity contribution in [1.82, 2.24) is 4.57 Å². The van der Waals surface area contributed by atoms with E-state index in [0.717, 1.165) is 29.9 Å². The van der Waals surface area contributed by atoms with Crippen LogP contribution in [-0.4, -0.2) is 29.5 Å². The first kappa shape index (κ1) is 22.8. The Morgan fingerprint density at radius 3 is 2.70 bits per heavy atom. The summed E-state index contributed by atoms with van der Waals surface area (Å²) in [5, 5.41) is 0.108.